The van der Waals surface area contributed by atoms with Crippen LogP contribution in [0.2, 0.25) is 0 Å². The summed E-state index contributed by atoms with van der Waals surface area (Å²) in [5.41, 5.74) is 5.55. The molecule has 1 nitrogen and oxygen atoms in total. The van der Waals surface area contributed by atoms with Gasteiger partial charge in [0.25, 0.3) is 0 Å². The van der Waals surface area contributed by atoms with Gasteiger partial charge < -0.3 is 4.98 Å². The van der Waals surface area contributed by atoms with Crippen LogP contribution in [0.1, 0.15) is 11.1 Å². The molecule has 0 fully saturated rings. The Morgan fingerprint density at radius 2 is 1.93 bits per heavy atom. The van der Waals surface area contributed by atoms with Crippen LogP contribution < -0.4 is 0 Å². The first kappa shape index (κ1) is 8.30. The minimum absolute atomic E-state index is 1.15. The number of nitrogens with one attached hydrogen (secondary N) is 1. The van der Waals surface area contributed by atoms with Crippen LogP contribution in [0.15, 0.2) is 34.9 Å². The maximum Gasteiger partial charge on any atom is 0.0489 e. The highest BCUT2D eigenvalue weighted by Gasteiger charge is 2.16. The van der Waals surface area contributed by atoms with E-state index in [0.717, 1.165) is 12.8 Å². The van der Waals surface area contributed by atoms with E-state index in [9.17, 15) is 0 Å². The Balaban J connectivity index is 2.26. The number of hydrogen-bond acceptors (Lipinski definition) is 0. The average molecular weight is 248 g/mol. The summed E-state index contributed by atoms with van der Waals surface area (Å²) in [6.07, 6.45) is 4.34. The molecule has 0 saturated heterocycles. The van der Waals surface area contributed by atoms with Gasteiger partial charge in [-0.1, -0.05) is 22.0 Å². The summed E-state index contributed by atoms with van der Waals surface area (Å²) in [6.45, 7) is 0. The van der Waals surface area contributed by atoms with Crippen LogP contribution >= 0.6 is 15.9 Å². The monoisotopic (exact) mass is 247 g/mol. The van der Waals surface area contributed by atoms with Crippen LogP contribution in [0.3, 0.4) is 0 Å². The predicted octanol–water partition coefficient (Wildman–Crippen LogP) is 3.54. The molecule has 0 amide bonds. The maximum atomic E-state index is 3.51. The van der Waals surface area contributed by atoms with Gasteiger partial charge in [-0.3, -0.25) is 0 Å². The molecule has 0 bridgehead atoms. The van der Waals surface area contributed by atoms with Crippen molar-refractivity contribution in [1.82, 2.24) is 4.98 Å². The molecular formula is C12H10BrN. The van der Waals surface area contributed by atoms with Crippen LogP contribution in [0.25, 0.3) is 11.3 Å². The fraction of sp³-hybridized carbons (Fsp3) is 0.167. The minimum atomic E-state index is 1.15. The van der Waals surface area contributed by atoms with E-state index in [-0.39, 0.29) is 0 Å². The summed E-state index contributed by atoms with van der Waals surface area (Å²) >= 11 is 3.51. The Hall–Kier alpha value is -1.02. The Kier molecular flexibility index (Phi) is 1.77. The van der Waals surface area contributed by atoms with Gasteiger partial charge in [-0.15, -0.1) is 0 Å². The summed E-state index contributed by atoms with van der Waals surface area (Å²) in [5, 5.41) is 0. The normalized spacial score (nSPS) is 13.5. The quantitative estimate of drug-likeness (QED) is 0.733. The molecule has 2 aromatic rings. The number of aromatic nitrogens is 1. The van der Waals surface area contributed by atoms with Gasteiger partial charge in [-0.2, -0.15) is 0 Å². The lowest BCUT2D eigenvalue weighted by Gasteiger charge is -2.16. The molecular weight excluding hydrogens is 238 g/mol. The van der Waals surface area contributed by atoms with Crippen LogP contribution in [-0.4, -0.2) is 4.98 Å². The first-order valence-electron chi connectivity index (χ1n) is 4.79. The minimum Gasteiger partial charge on any atom is -0.361 e. The van der Waals surface area contributed by atoms with Crippen molar-refractivity contribution in [3.63, 3.8) is 0 Å². The number of rotatable bonds is 0. The number of aryl methyl sites for hydroxylation is 2. The van der Waals surface area contributed by atoms with Crippen molar-refractivity contribution in [2.24, 2.45) is 0 Å². The highest BCUT2D eigenvalue weighted by Crippen LogP contribution is 2.33. The molecule has 0 aliphatic heterocycles. The number of H-pyrrole nitrogens is 1. The van der Waals surface area contributed by atoms with Gasteiger partial charge in [0, 0.05) is 21.9 Å². The molecule has 1 N–H and O–H groups in total. The van der Waals surface area contributed by atoms with E-state index in [1.807, 2.05) is 6.20 Å². The summed E-state index contributed by atoms with van der Waals surface area (Å²) in [4.78, 5) is 3.32. The molecule has 0 unspecified atom stereocenters. The first-order chi connectivity index (χ1) is 6.84. The second-order valence-corrected chi connectivity index (χ2v) is 4.60. The Morgan fingerprint density at radius 3 is 2.86 bits per heavy atom. The van der Waals surface area contributed by atoms with Crippen LogP contribution in [-0.2, 0) is 12.8 Å². The molecule has 1 aromatic carbocycles. The fourth-order valence-corrected chi connectivity index (χ4v) is 2.55. The summed E-state index contributed by atoms with van der Waals surface area (Å²) in [7, 11) is 0. The maximum absolute atomic E-state index is 3.51. The zero-order valence-corrected chi connectivity index (χ0v) is 9.26. The standard InChI is InChI=1S/C12H10BrN/c13-10-3-4-11-9(7-10)2-1-8-5-6-14-12(8)11/h3-7,14H,1-2H2. The molecule has 2 heteroatoms. The number of fused-ring (bicyclic) bond motifs is 3. The summed E-state index contributed by atoms with van der Waals surface area (Å²) < 4.78 is 1.17. The molecule has 0 radical (unpaired) electrons. The molecule has 70 valence electrons. The SMILES string of the molecule is Brc1ccc2c(c1)CCc1cc[nH]c1-2. The molecule has 1 aliphatic rings. The van der Waals surface area contributed by atoms with Gasteiger partial charge in [0.05, 0.1) is 0 Å². The zero-order chi connectivity index (χ0) is 9.54. The molecule has 0 saturated carbocycles. The Labute approximate surface area is 91.3 Å². The van der Waals surface area contributed by atoms with Crippen LogP contribution in [0.5, 0.6) is 0 Å². The van der Waals surface area contributed by atoms with E-state index < -0.39 is 0 Å². The van der Waals surface area contributed by atoms with Crippen LogP contribution in [0.4, 0.5) is 0 Å². The van der Waals surface area contributed by atoms with Gasteiger partial charge in [0.2, 0.25) is 0 Å². The molecule has 3 rings (SSSR count). The van der Waals surface area contributed by atoms with Crippen molar-refractivity contribution in [3.8, 4) is 11.3 Å². The van der Waals surface area contributed by atoms with E-state index >= 15 is 0 Å². The second-order valence-electron chi connectivity index (χ2n) is 3.68. The Bertz CT molecular complexity index is 485. The first-order valence-corrected chi connectivity index (χ1v) is 5.59. The zero-order valence-electron chi connectivity index (χ0n) is 7.68. The van der Waals surface area contributed by atoms with Crippen molar-refractivity contribution in [1.29, 1.82) is 0 Å². The molecule has 14 heavy (non-hydrogen) atoms. The van der Waals surface area contributed by atoms with E-state index in [0.29, 0.717) is 0 Å². The lowest BCUT2D eigenvalue weighted by Crippen LogP contribution is -2.02. The molecule has 1 heterocycles. The number of benzene rings is 1. The van der Waals surface area contributed by atoms with E-state index in [2.05, 4.69) is 45.2 Å². The molecule has 1 aromatic heterocycles. The average Bonchev–Trinajstić information content (AvgIpc) is 2.65. The highest BCUT2D eigenvalue weighted by molar-refractivity contribution is 9.10. The van der Waals surface area contributed by atoms with Gasteiger partial charge >= 0.3 is 0 Å². The molecule has 1 aliphatic carbocycles. The van der Waals surface area contributed by atoms with Gasteiger partial charge in [0.1, 0.15) is 0 Å². The van der Waals surface area contributed by atoms with Crippen molar-refractivity contribution >= 4 is 15.9 Å². The lowest BCUT2D eigenvalue weighted by atomic mass is 9.91. The Morgan fingerprint density at radius 1 is 1.07 bits per heavy atom. The van der Waals surface area contributed by atoms with Crippen molar-refractivity contribution in [3.05, 3.63) is 46.1 Å². The highest BCUT2D eigenvalue weighted by atomic mass is 79.9. The number of hydrogen-bond donors (Lipinski definition) is 1. The topological polar surface area (TPSA) is 15.8 Å². The molecule has 0 spiro atoms. The van der Waals surface area contributed by atoms with Gasteiger partial charge in [-0.25, -0.2) is 0 Å². The van der Waals surface area contributed by atoms with Crippen molar-refractivity contribution in [2.75, 3.05) is 0 Å². The van der Waals surface area contributed by atoms with Crippen molar-refractivity contribution in [2.45, 2.75) is 12.8 Å². The predicted molar refractivity (Wildman–Crippen MR) is 61.3 cm³/mol. The number of aromatic amines is 1. The third-order valence-electron chi connectivity index (χ3n) is 2.83. The largest absolute Gasteiger partial charge is 0.361 e. The summed E-state index contributed by atoms with van der Waals surface area (Å²) in [5.74, 6) is 0. The molecule has 0 atom stereocenters. The van der Waals surface area contributed by atoms with Gasteiger partial charge in [0.15, 0.2) is 0 Å². The lowest BCUT2D eigenvalue weighted by molar-refractivity contribution is 0.941. The summed E-state index contributed by atoms with van der Waals surface area (Å²) in [6, 6.07) is 8.70. The number of halogens is 1. The van der Waals surface area contributed by atoms with Crippen molar-refractivity contribution < 1.29 is 0 Å². The second kappa shape index (κ2) is 2.99. The fourth-order valence-electron chi connectivity index (χ4n) is 2.14. The third kappa shape index (κ3) is 1.14. The van der Waals surface area contributed by atoms with Crippen LogP contribution in [0, 0.1) is 0 Å². The van der Waals surface area contributed by atoms with E-state index in [1.54, 1.807) is 0 Å². The van der Waals surface area contributed by atoms with E-state index in [1.165, 1.54) is 26.9 Å². The smallest absolute Gasteiger partial charge is 0.0489 e. The third-order valence-corrected chi connectivity index (χ3v) is 3.33. The van der Waals surface area contributed by atoms with Gasteiger partial charge in [-0.05, 0) is 42.2 Å². The van der Waals surface area contributed by atoms with E-state index in [4.69, 9.17) is 0 Å².